The van der Waals surface area contributed by atoms with Gasteiger partial charge in [0.15, 0.2) is 0 Å². The Morgan fingerprint density at radius 2 is 1.76 bits per heavy atom. The van der Waals surface area contributed by atoms with E-state index >= 15 is 0 Å². The van der Waals surface area contributed by atoms with E-state index in [0.29, 0.717) is 26.2 Å². The lowest BCUT2D eigenvalue weighted by Crippen LogP contribution is -2.54. The van der Waals surface area contributed by atoms with Crippen LogP contribution in [0.25, 0.3) is 0 Å². The Hall–Kier alpha value is -2.05. The molecule has 3 amide bonds. The Kier molecular flexibility index (Phi) is 5.60. The van der Waals surface area contributed by atoms with Gasteiger partial charge in [0.05, 0.1) is 17.5 Å². The molecule has 7 nitrogen and oxygen atoms in total. The largest absolute Gasteiger partial charge is 0.335 e. The van der Waals surface area contributed by atoms with E-state index in [4.69, 9.17) is 0 Å². The summed E-state index contributed by atoms with van der Waals surface area (Å²) in [7, 11) is 0. The normalized spacial score (nSPS) is 17.6. The molecule has 2 aliphatic rings. The fourth-order valence-corrected chi connectivity index (χ4v) is 3.64. The number of amides is 3. The summed E-state index contributed by atoms with van der Waals surface area (Å²) >= 11 is 0. The van der Waals surface area contributed by atoms with Crippen LogP contribution >= 0.6 is 0 Å². The van der Waals surface area contributed by atoms with E-state index in [1.54, 1.807) is 6.20 Å². The number of piperazine rings is 1. The van der Waals surface area contributed by atoms with Gasteiger partial charge in [0, 0.05) is 38.8 Å². The topological polar surface area (TPSA) is 70.5 Å². The summed E-state index contributed by atoms with van der Waals surface area (Å²) in [6.45, 7) is 7.41. The predicted molar refractivity (Wildman–Crippen MR) is 95.5 cm³/mol. The highest BCUT2D eigenvalue weighted by Crippen LogP contribution is 2.20. The highest BCUT2D eigenvalue weighted by Gasteiger charge is 2.28. The van der Waals surface area contributed by atoms with Crippen LogP contribution in [0.5, 0.6) is 0 Å². The van der Waals surface area contributed by atoms with Crippen LogP contribution in [-0.2, 0) is 13.0 Å². The van der Waals surface area contributed by atoms with Gasteiger partial charge >= 0.3 is 6.03 Å². The molecule has 1 aromatic heterocycles. The van der Waals surface area contributed by atoms with Gasteiger partial charge in [0.1, 0.15) is 0 Å². The van der Waals surface area contributed by atoms with Crippen LogP contribution in [-0.4, -0.2) is 63.7 Å². The molecule has 25 heavy (non-hydrogen) atoms. The summed E-state index contributed by atoms with van der Waals surface area (Å²) in [5, 5.41) is 7.43. The first-order valence-corrected chi connectivity index (χ1v) is 9.53. The summed E-state index contributed by atoms with van der Waals surface area (Å²) in [5.74, 6) is 0.0585. The number of rotatable bonds is 4. The van der Waals surface area contributed by atoms with Crippen LogP contribution in [0.15, 0.2) is 6.20 Å². The molecule has 1 aromatic rings. The van der Waals surface area contributed by atoms with Gasteiger partial charge in [-0.25, -0.2) is 4.79 Å². The Balaban J connectivity index is 1.56. The second kappa shape index (κ2) is 7.89. The van der Waals surface area contributed by atoms with Crippen molar-refractivity contribution in [1.82, 2.24) is 24.9 Å². The minimum atomic E-state index is -0.0105. The van der Waals surface area contributed by atoms with Crippen molar-refractivity contribution in [3.8, 4) is 0 Å². The van der Waals surface area contributed by atoms with E-state index in [1.807, 2.05) is 14.5 Å². The highest BCUT2D eigenvalue weighted by atomic mass is 16.2. The molecule has 0 radical (unpaired) electrons. The minimum absolute atomic E-state index is 0.0105. The maximum Gasteiger partial charge on any atom is 0.317 e. The number of nitrogens with zero attached hydrogens (tertiary/aromatic N) is 4. The molecule has 0 unspecified atom stereocenters. The van der Waals surface area contributed by atoms with E-state index in [2.05, 4.69) is 24.3 Å². The molecule has 2 aliphatic heterocycles. The third kappa shape index (κ3) is 3.80. The van der Waals surface area contributed by atoms with Crippen molar-refractivity contribution in [1.29, 1.82) is 0 Å². The molecule has 0 atom stereocenters. The molecule has 1 fully saturated rings. The van der Waals surface area contributed by atoms with E-state index in [0.717, 1.165) is 49.9 Å². The third-order valence-electron chi connectivity index (χ3n) is 5.38. The van der Waals surface area contributed by atoms with Crippen molar-refractivity contribution in [2.45, 2.75) is 58.5 Å². The second-order valence-electron chi connectivity index (χ2n) is 6.93. The van der Waals surface area contributed by atoms with Crippen molar-refractivity contribution in [2.75, 3.05) is 26.2 Å². The number of hydrogen-bond donors (Lipinski definition) is 1. The number of fused-ring (bicyclic) bond motifs is 1. The minimum Gasteiger partial charge on any atom is -0.335 e. The van der Waals surface area contributed by atoms with Gasteiger partial charge in [0.2, 0.25) is 0 Å². The number of urea groups is 1. The summed E-state index contributed by atoms with van der Waals surface area (Å²) in [4.78, 5) is 28.8. The van der Waals surface area contributed by atoms with E-state index in [-0.39, 0.29) is 18.0 Å². The molecule has 3 rings (SSSR count). The summed E-state index contributed by atoms with van der Waals surface area (Å²) in [6, 6.07) is 0.217. The third-order valence-corrected chi connectivity index (χ3v) is 5.38. The number of hydrogen-bond acceptors (Lipinski definition) is 3. The van der Waals surface area contributed by atoms with Gasteiger partial charge in [-0.1, -0.05) is 13.8 Å². The zero-order valence-electron chi connectivity index (χ0n) is 15.3. The van der Waals surface area contributed by atoms with E-state index in [9.17, 15) is 9.59 Å². The number of carbonyl (C=O) groups is 2. The Morgan fingerprint density at radius 1 is 1.08 bits per heavy atom. The molecule has 0 bridgehead atoms. The summed E-state index contributed by atoms with van der Waals surface area (Å²) in [6.07, 6.45) is 6.78. The lowest BCUT2D eigenvalue weighted by molar-refractivity contribution is 0.0661. The number of aryl methyl sites for hydroxylation is 1. The SMILES string of the molecule is CCC(CC)NC(=O)N1CCN(C(=O)c2cnn3c2CCCC3)CC1. The quantitative estimate of drug-likeness (QED) is 0.904. The maximum atomic E-state index is 12.8. The first-order chi connectivity index (χ1) is 12.1. The number of carbonyl (C=O) groups excluding carboxylic acids is 2. The second-order valence-corrected chi connectivity index (χ2v) is 6.93. The molecule has 1 N–H and O–H groups in total. The Bertz CT molecular complexity index is 615. The first-order valence-electron chi connectivity index (χ1n) is 9.53. The molecule has 0 aromatic carbocycles. The van der Waals surface area contributed by atoms with Crippen molar-refractivity contribution < 1.29 is 9.59 Å². The van der Waals surface area contributed by atoms with Crippen LogP contribution in [0.1, 0.15) is 55.6 Å². The van der Waals surface area contributed by atoms with Gasteiger partial charge in [-0.05, 0) is 32.1 Å². The first kappa shape index (κ1) is 17.8. The predicted octanol–water partition coefficient (Wildman–Crippen LogP) is 1.88. The van der Waals surface area contributed by atoms with Gasteiger partial charge in [0.25, 0.3) is 5.91 Å². The van der Waals surface area contributed by atoms with Gasteiger partial charge in [-0.3, -0.25) is 9.48 Å². The van der Waals surface area contributed by atoms with Crippen LogP contribution in [0, 0.1) is 0 Å². The Labute approximate surface area is 149 Å². The molecule has 1 saturated heterocycles. The molecule has 0 aliphatic carbocycles. The zero-order valence-corrected chi connectivity index (χ0v) is 15.3. The van der Waals surface area contributed by atoms with Gasteiger partial charge in [-0.15, -0.1) is 0 Å². The van der Waals surface area contributed by atoms with Crippen LogP contribution in [0.3, 0.4) is 0 Å². The average molecular weight is 347 g/mol. The molecular weight excluding hydrogens is 318 g/mol. The van der Waals surface area contributed by atoms with Crippen molar-refractivity contribution in [2.24, 2.45) is 0 Å². The smallest absolute Gasteiger partial charge is 0.317 e. The van der Waals surface area contributed by atoms with Crippen LogP contribution in [0.2, 0.25) is 0 Å². The maximum absolute atomic E-state index is 12.8. The lowest BCUT2D eigenvalue weighted by Gasteiger charge is -2.35. The van der Waals surface area contributed by atoms with Crippen LogP contribution < -0.4 is 5.32 Å². The summed E-state index contributed by atoms with van der Waals surface area (Å²) in [5.41, 5.74) is 1.82. The molecule has 0 spiro atoms. The molecular formula is C18H29N5O2. The average Bonchev–Trinajstić information content (AvgIpc) is 3.09. The van der Waals surface area contributed by atoms with Gasteiger partial charge in [-0.2, -0.15) is 5.10 Å². The fraction of sp³-hybridized carbons (Fsp3) is 0.722. The fourth-order valence-electron chi connectivity index (χ4n) is 3.64. The Morgan fingerprint density at radius 3 is 2.44 bits per heavy atom. The van der Waals surface area contributed by atoms with E-state index in [1.165, 1.54) is 0 Å². The zero-order chi connectivity index (χ0) is 17.8. The lowest BCUT2D eigenvalue weighted by atomic mass is 10.1. The molecule has 7 heteroatoms. The van der Waals surface area contributed by atoms with E-state index < -0.39 is 0 Å². The number of nitrogens with one attached hydrogen (secondary N) is 1. The van der Waals surface area contributed by atoms with Crippen molar-refractivity contribution >= 4 is 11.9 Å². The molecule has 3 heterocycles. The van der Waals surface area contributed by atoms with Crippen molar-refractivity contribution in [3.63, 3.8) is 0 Å². The number of aromatic nitrogens is 2. The molecule has 0 saturated carbocycles. The van der Waals surface area contributed by atoms with Crippen molar-refractivity contribution in [3.05, 3.63) is 17.5 Å². The summed E-state index contributed by atoms with van der Waals surface area (Å²) < 4.78 is 1.97. The highest BCUT2D eigenvalue weighted by molar-refractivity contribution is 5.95. The standard InChI is InChI=1S/C18H29N5O2/c1-3-14(4-2)20-18(25)22-11-9-21(10-12-22)17(24)15-13-19-23-8-6-5-7-16(15)23/h13-14H,3-12H2,1-2H3,(H,20,25). The van der Waals surface area contributed by atoms with Gasteiger partial charge < -0.3 is 15.1 Å². The monoisotopic (exact) mass is 347 g/mol. The molecule has 138 valence electrons. The van der Waals surface area contributed by atoms with Crippen LogP contribution in [0.4, 0.5) is 4.79 Å².